The molecule has 0 amide bonds. The zero-order valence-corrected chi connectivity index (χ0v) is 14.7. The number of aliphatic hydroxyl groups excluding tert-OH is 2. The predicted molar refractivity (Wildman–Crippen MR) is 93.2 cm³/mol. The summed E-state index contributed by atoms with van der Waals surface area (Å²) in [5, 5.41) is 20.5. The normalized spacial score (nSPS) is 48.8. The Balaban J connectivity index is 1.74. The van der Waals surface area contributed by atoms with Gasteiger partial charge in [0.1, 0.15) is 0 Å². The van der Waals surface area contributed by atoms with Gasteiger partial charge in [0.15, 0.2) is 5.78 Å². The summed E-state index contributed by atoms with van der Waals surface area (Å²) in [6.07, 6.45) is 12.2. The fourth-order valence-corrected chi connectivity index (χ4v) is 6.62. The summed E-state index contributed by atoms with van der Waals surface area (Å²) >= 11 is 0. The lowest BCUT2D eigenvalue weighted by Crippen LogP contribution is -2.55. The van der Waals surface area contributed by atoms with E-state index in [4.69, 9.17) is 0 Å². The minimum atomic E-state index is -0.358. The van der Waals surface area contributed by atoms with Crippen molar-refractivity contribution in [2.75, 3.05) is 6.61 Å². The monoisotopic (exact) mass is 328 g/mol. The Hall–Kier alpha value is -1.19. The van der Waals surface area contributed by atoms with Crippen LogP contribution >= 0.6 is 0 Å². The van der Waals surface area contributed by atoms with Crippen LogP contribution in [-0.4, -0.2) is 28.7 Å². The number of allylic oxidation sites excluding steroid dienone is 5. The third kappa shape index (κ3) is 2.07. The van der Waals surface area contributed by atoms with Gasteiger partial charge in [0.25, 0.3) is 0 Å². The molecule has 2 N–H and O–H groups in total. The molecule has 24 heavy (non-hydrogen) atoms. The zero-order valence-electron chi connectivity index (χ0n) is 14.7. The van der Waals surface area contributed by atoms with Gasteiger partial charge in [-0.3, -0.25) is 4.79 Å². The van der Waals surface area contributed by atoms with E-state index < -0.39 is 0 Å². The third-order valence-corrected chi connectivity index (χ3v) is 7.68. The van der Waals surface area contributed by atoms with Crippen molar-refractivity contribution in [3.8, 4) is 0 Å². The molecule has 3 nitrogen and oxygen atoms in total. The van der Waals surface area contributed by atoms with Gasteiger partial charge in [0.05, 0.1) is 12.7 Å². The van der Waals surface area contributed by atoms with Crippen LogP contribution < -0.4 is 0 Å². The zero-order chi connectivity index (χ0) is 17.1. The Morgan fingerprint density at radius 2 is 2.08 bits per heavy atom. The van der Waals surface area contributed by atoms with Crippen molar-refractivity contribution in [2.24, 2.45) is 28.6 Å². The van der Waals surface area contributed by atoms with Gasteiger partial charge in [-0.1, -0.05) is 37.1 Å². The number of hydrogen-bond donors (Lipinski definition) is 2. The Bertz CT molecular complexity index is 658. The Morgan fingerprint density at radius 1 is 1.29 bits per heavy atom. The molecule has 3 heteroatoms. The van der Waals surface area contributed by atoms with E-state index in [2.05, 4.69) is 19.9 Å². The number of aliphatic hydroxyl groups is 2. The molecule has 130 valence electrons. The summed E-state index contributed by atoms with van der Waals surface area (Å²) in [5.41, 5.74) is 2.40. The molecule has 0 saturated heterocycles. The van der Waals surface area contributed by atoms with E-state index in [-0.39, 0.29) is 35.2 Å². The topological polar surface area (TPSA) is 57.5 Å². The smallest absolute Gasteiger partial charge is 0.178 e. The molecular formula is C21H28O3. The average molecular weight is 328 g/mol. The number of carbonyl (C=O) groups excluding carboxylic acids is 1. The molecule has 3 saturated carbocycles. The number of fused-ring (bicyclic) bond motifs is 5. The van der Waals surface area contributed by atoms with E-state index in [0.717, 1.165) is 32.1 Å². The summed E-state index contributed by atoms with van der Waals surface area (Å²) in [4.78, 5) is 11.8. The number of carbonyl (C=O) groups is 1. The van der Waals surface area contributed by atoms with Crippen LogP contribution in [0.3, 0.4) is 0 Å². The van der Waals surface area contributed by atoms with Crippen LogP contribution in [-0.2, 0) is 4.79 Å². The largest absolute Gasteiger partial charge is 0.393 e. The molecule has 0 bridgehead atoms. The summed E-state index contributed by atoms with van der Waals surface area (Å²) in [5.74, 6) is 1.36. The Morgan fingerprint density at radius 3 is 2.83 bits per heavy atom. The summed E-state index contributed by atoms with van der Waals surface area (Å²) < 4.78 is 0. The van der Waals surface area contributed by atoms with Crippen molar-refractivity contribution >= 4 is 5.78 Å². The van der Waals surface area contributed by atoms with Crippen LogP contribution in [0.1, 0.15) is 46.0 Å². The first-order valence-corrected chi connectivity index (χ1v) is 9.33. The van der Waals surface area contributed by atoms with E-state index >= 15 is 0 Å². The summed E-state index contributed by atoms with van der Waals surface area (Å²) in [6, 6.07) is 0. The van der Waals surface area contributed by atoms with E-state index in [1.807, 2.05) is 12.2 Å². The highest BCUT2D eigenvalue weighted by Crippen LogP contribution is 2.65. The average Bonchev–Trinajstić information content (AvgIpc) is 2.84. The van der Waals surface area contributed by atoms with Crippen LogP contribution in [0, 0.1) is 28.6 Å². The quantitative estimate of drug-likeness (QED) is 0.727. The second-order valence-corrected chi connectivity index (χ2v) is 8.66. The molecule has 0 radical (unpaired) electrons. The van der Waals surface area contributed by atoms with Crippen LogP contribution in [0.2, 0.25) is 0 Å². The van der Waals surface area contributed by atoms with E-state index in [9.17, 15) is 15.0 Å². The molecule has 3 fully saturated rings. The molecule has 4 rings (SSSR count). The van der Waals surface area contributed by atoms with Crippen LogP contribution in [0.25, 0.3) is 0 Å². The second-order valence-electron chi connectivity index (χ2n) is 8.66. The van der Waals surface area contributed by atoms with Crippen LogP contribution in [0.15, 0.2) is 35.5 Å². The molecule has 6 atom stereocenters. The predicted octanol–water partition coefficient (Wildman–Crippen LogP) is 3.18. The molecule has 0 aromatic heterocycles. The maximum atomic E-state index is 11.8. The molecule has 0 aromatic carbocycles. The molecule has 0 spiro atoms. The minimum Gasteiger partial charge on any atom is -0.393 e. The van der Waals surface area contributed by atoms with E-state index in [1.54, 1.807) is 6.08 Å². The van der Waals surface area contributed by atoms with Crippen LogP contribution in [0.4, 0.5) is 0 Å². The molecular weight excluding hydrogens is 300 g/mol. The lowest BCUT2D eigenvalue weighted by molar-refractivity contribution is -0.112. The van der Waals surface area contributed by atoms with Crippen molar-refractivity contribution in [3.05, 3.63) is 35.5 Å². The maximum absolute atomic E-state index is 11.8. The van der Waals surface area contributed by atoms with Gasteiger partial charge in [-0.25, -0.2) is 0 Å². The highest BCUT2D eigenvalue weighted by atomic mass is 16.3. The first-order chi connectivity index (χ1) is 11.4. The number of hydrogen-bond acceptors (Lipinski definition) is 3. The SMILES string of the molecule is C[C@]12C=CC(=O)C=C1CC[C@@H]1[C@@H]2[C@H](O)C[C@]2(C)/C(=C/CO)CC[C@@H]12. The summed E-state index contributed by atoms with van der Waals surface area (Å²) in [6.45, 7) is 4.60. The minimum absolute atomic E-state index is 0.0229. The lowest BCUT2D eigenvalue weighted by Gasteiger charge is -2.58. The van der Waals surface area contributed by atoms with Gasteiger partial charge >= 0.3 is 0 Å². The maximum Gasteiger partial charge on any atom is 0.178 e. The third-order valence-electron chi connectivity index (χ3n) is 7.68. The first kappa shape index (κ1) is 16.3. The van der Waals surface area contributed by atoms with Gasteiger partial charge in [-0.05, 0) is 61.5 Å². The molecule has 4 aliphatic carbocycles. The van der Waals surface area contributed by atoms with E-state index in [1.165, 1.54) is 11.1 Å². The lowest BCUT2D eigenvalue weighted by atomic mass is 9.47. The fourth-order valence-electron chi connectivity index (χ4n) is 6.62. The van der Waals surface area contributed by atoms with E-state index in [0.29, 0.717) is 11.8 Å². The highest BCUT2D eigenvalue weighted by molar-refractivity contribution is 6.01. The van der Waals surface area contributed by atoms with Gasteiger partial charge < -0.3 is 10.2 Å². The number of ketones is 1. The van der Waals surface area contributed by atoms with Gasteiger partial charge in [-0.2, -0.15) is 0 Å². The highest BCUT2D eigenvalue weighted by Gasteiger charge is 2.60. The first-order valence-electron chi connectivity index (χ1n) is 9.33. The van der Waals surface area contributed by atoms with Crippen LogP contribution in [0.5, 0.6) is 0 Å². The van der Waals surface area contributed by atoms with Gasteiger partial charge in [0.2, 0.25) is 0 Å². The molecule has 0 unspecified atom stereocenters. The number of rotatable bonds is 1. The Labute approximate surface area is 144 Å². The summed E-state index contributed by atoms with van der Waals surface area (Å²) in [7, 11) is 0. The standard InChI is InChI=1S/C21H28O3/c1-20-9-7-15(23)11-14(20)3-5-16-17-6-4-13(8-10-22)21(17,2)12-18(24)19(16)20/h7-9,11,16-19,22,24H,3-6,10,12H2,1-2H3/b13-8+/t16-,17-,18+,19+,20-,21+/m0/s1. The van der Waals surface area contributed by atoms with Gasteiger partial charge in [-0.15, -0.1) is 0 Å². The van der Waals surface area contributed by atoms with Crippen molar-refractivity contribution in [1.82, 2.24) is 0 Å². The van der Waals surface area contributed by atoms with Crippen molar-refractivity contribution in [2.45, 2.75) is 52.1 Å². The Kier molecular flexibility index (Phi) is 3.67. The molecule has 4 aliphatic rings. The van der Waals surface area contributed by atoms with Gasteiger partial charge in [0, 0.05) is 11.3 Å². The molecule has 0 aromatic rings. The van der Waals surface area contributed by atoms with Crippen molar-refractivity contribution in [1.29, 1.82) is 0 Å². The van der Waals surface area contributed by atoms with Crippen molar-refractivity contribution < 1.29 is 15.0 Å². The molecule has 0 heterocycles. The second kappa shape index (κ2) is 5.40. The van der Waals surface area contributed by atoms with Crippen molar-refractivity contribution in [3.63, 3.8) is 0 Å². The fraction of sp³-hybridized carbons (Fsp3) is 0.667. The molecule has 0 aliphatic heterocycles.